The first kappa shape index (κ1) is 10.1. The average Bonchev–Trinajstić information content (AvgIpc) is 1.99. The van der Waals surface area contributed by atoms with Crippen molar-refractivity contribution < 1.29 is 13.9 Å². The van der Waals surface area contributed by atoms with Crippen molar-refractivity contribution in [2.24, 2.45) is 0 Å². The standard InChI is InChI=1S/C6H15O3Si/c1-7-6(8-2)4-5-10-9-3/h6H,3-5,10H2,1-2H3. The van der Waals surface area contributed by atoms with Crippen LogP contribution in [0.1, 0.15) is 6.42 Å². The van der Waals surface area contributed by atoms with Crippen LogP contribution in [0, 0.1) is 7.11 Å². The minimum atomic E-state index is -0.411. The fourth-order valence-corrected chi connectivity index (χ4v) is 1.39. The monoisotopic (exact) mass is 163 g/mol. The lowest BCUT2D eigenvalue weighted by molar-refractivity contribution is -0.103. The first-order valence-electron chi connectivity index (χ1n) is 3.27. The molecule has 3 nitrogen and oxygen atoms in total. The molecule has 61 valence electrons. The van der Waals surface area contributed by atoms with E-state index in [1.54, 1.807) is 14.2 Å². The van der Waals surface area contributed by atoms with Crippen LogP contribution in [0.25, 0.3) is 0 Å². The van der Waals surface area contributed by atoms with Crippen molar-refractivity contribution in [1.29, 1.82) is 0 Å². The van der Waals surface area contributed by atoms with Gasteiger partial charge in [-0.25, -0.2) is 0 Å². The van der Waals surface area contributed by atoms with E-state index in [2.05, 4.69) is 7.11 Å². The molecule has 0 amide bonds. The topological polar surface area (TPSA) is 27.7 Å². The molecule has 0 unspecified atom stereocenters. The Morgan fingerprint density at radius 2 is 2.00 bits per heavy atom. The first-order chi connectivity index (χ1) is 4.85. The fourth-order valence-electron chi connectivity index (χ4n) is 0.684. The molecule has 0 aliphatic rings. The van der Waals surface area contributed by atoms with Gasteiger partial charge in [-0.1, -0.05) is 0 Å². The highest BCUT2D eigenvalue weighted by Gasteiger charge is 2.02. The van der Waals surface area contributed by atoms with Crippen LogP contribution in [0.3, 0.4) is 0 Å². The molecule has 0 aliphatic carbocycles. The van der Waals surface area contributed by atoms with Crippen LogP contribution in [0.15, 0.2) is 0 Å². The average molecular weight is 163 g/mol. The van der Waals surface area contributed by atoms with Gasteiger partial charge in [0.25, 0.3) is 0 Å². The molecule has 0 fully saturated rings. The van der Waals surface area contributed by atoms with Crippen LogP contribution in [0.5, 0.6) is 0 Å². The third-order valence-electron chi connectivity index (χ3n) is 1.25. The molecule has 0 saturated heterocycles. The molecule has 0 aromatic carbocycles. The van der Waals surface area contributed by atoms with E-state index in [1.165, 1.54) is 0 Å². The molecule has 0 aromatic heterocycles. The number of rotatable bonds is 6. The van der Waals surface area contributed by atoms with Gasteiger partial charge < -0.3 is 13.9 Å². The molecule has 0 N–H and O–H groups in total. The summed E-state index contributed by atoms with van der Waals surface area (Å²) < 4.78 is 14.7. The molecule has 0 spiro atoms. The third kappa shape index (κ3) is 4.93. The van der Waals surface area contributed by atoms with Gasteiger partial charge in [0.1, 0.15) is 0 Å². The molecular weight excluding hydrogens is 148 g/mol. The van der Waals surface area contributed by atoms with Crippen LogP contribution in [-0.2, 0) is 13.9 Å². The van der Waals surface area contributed by atoms with Crippen molar-refractivity contribution in [2.75, 3.05) is 14.2 Å². The summed E-state index contributed by atoms with van der Waals surface area (Å²) in [5.74, 6) is 0. The van der Waals surface area contributed by atoms with E-state index in [1.807, 2.05) is 0 Å². The van der Waals surface area contributed by atoms with E-state index in [9.17, 15) is 0 Å². The van der Waals surface area contributed by atoms with Gasteiger partial charge >= 0.3 is 0 Å². The Balaban J connectivity index is 3.09. The highest BCUT2D eigenvalue weighted by molar-refractivity contribution is 6.27. The van der Waals surface area contributed by atoms with Gasteiger partial charge in [-0.3, -0.25) is 0 Å². The van der Waals surface area contributed by atoms with Crippen LogP contribution < -0.4 is 0 Å². The summed E-state index contributed by atoms with van der Waals surface area (Å²) in [6.07, 6.45) is 0.844. The molecule has 0 rings (SSSR count). The number of methoxy groups -OCH3 is 2. The maximum atomic E-state index is 4.97. The van der Waals surface area contributed by atoms with E-state index in [0.717, 1.165) is 12.5 Å². The highest BCUT2D eigenvalue weighted by Crippen LogP contribution is 2.01. The summed E-state index contributed by atoms with van der Waals surface area (Å²) in [7, 11) is 6.18. The quantitative estimate of drug-likeness (QED) is 0.320. The smallest absolute Gasteiger partial charge is 0.161 e. The maximum Gasteiger partial charge on any atom is 0.161 e. The van der Waals surface area contributed by atoms with Crippen molar-refractivity contribution in [3.63, 3.8) is 0 Å². The highest BCUT2D eigenvalue weighted by atomic mass is 28.2. The zero-order valence-corrected chi connectivity index (χ0v) is 8.04. The Bertz CT molecular complexity index is 66.0. The van der Waals surface area contributed by atoms with Crippen molar-refractivity contribution in [2.45, 2.75) is 18.8 Å². The van der Waals surface area contributed by atoms with Gasteiger partial charge in [0, 0.05) is 14.2 Å². The predicted molar refractivity (Wildman–Crippen MR) is 42.2 cm³/mol. The van der Waals surface area contributed by atoms with Gasteiger partial charge in [0.15, 0.2) is 16.1 Å². The van der Waals surface area contributed by atoms with Gasteiger partial charge in [-0.05, 0) is 12.5 Å². The Morgan fingerprint density at radius 3 is 2.40 bits per heavy atom. The summed E-state index contributed by atoms with van der Waals surface area (Å²) in [6, 6.07) is 1.05. The lowest BCUT2D eigenvalue weighted by Gasteiger charge is -2.11. The van der Waals surface area contributed by atoms with Gasteiger partial charge in [0.05, 0.1) is 7.11 Å². The van der Waals surface area contributed by atoms with E-state index in [0.29, 0.717) is 0 Å². The van der Waals surface area contributed by atoms with Crippen LogP contribution in [0.2, 0.25) is 6.04 Å². The minimum absolute atomic E-state index is 0.0670. The van der Waals surface area contributed by atoms with Gasteiger partial charge in [0.2, 0.25) is 0 Å². The zero-order valence-electron chi connectivity index (χ0n) is 6.63. The maximum absolute atomic E-state index is 4.97. The second-order valence-corrected chi connectivity index (χ2v) is 3.48. The molecule has 0 bridgehead atoms. The van der Waals surface area contributed by atoms with Gasteiger partial charge in [-0.2, -0.15) is 0 Å². The van der Waals surface area contributed by atoms with Gasteiger partial charge in [-0.15, -0.1) is 0 Å². The third-order valence-corrected chi connectivity index (χ3v) is 2.24. The Kier molecular flexibility index (Phi) is 7.28. The Labute approximate surface area is 64.6 Å². The molecule has 0 atom stereocenters. The number of ether oxygens (including phenoxy) is 2. The summed E-state index contributed by atoms with van der Waals surface area (Å²) in [5.41, 5.74) is 0. The molecule has 4 heteroatoms. The normalized spacial score (nSPS) is 12.0. The largest absolute Gasteiger partial charge is 0.422 e. The molecule has 10 heavy (non-hydrogen) atoms. The SMILES string of the molecule is [CH2]O[SiH2]CCC(OC)OC. The molecule has 0 heterocycles. The second-order valence-electron chi connectivity index (χ2n) is 1.95. The van der Waals surface area contributed by atoms with Crippen molar-refractivity contribution in [1.82, 2.24) is 0 Å². The molecular formula is C6H15O3Si. The first-order valence-corrected chi connectivity index (χ1v) is 4.85. The molecule has 0 saturated carbocycles. The summed E-state index contributed by atoms with van der Waals surface area (Å²) >= 11 is 0. The van der Waals surface area contributed by atoms with E-state index < -0.39 is 9.76 Å². The summed E-state index contributed by atoms with van der Waals surface area (Å²) in [4.78, 5) is 0. The van der Waals surface area contributed by atoms with E-state index in [-0.39, 0.29) is 6.29 Å². The number of hydrogen-bond donors (Lipinski definition) is 0. The van der Waals surface area contributed by atoms with Crippen LogP contribution in [-0.4, -0.2) is 30.3 Å². The Hall–Kier alpha value is 0.0969. The second kappa shape index (κ2) is 7.21. The lowest BCUT2D eigenvalue weighted by Crippen LogP contribution is -2.13. The van der Waals surface area contributed by atoms with Crippen molar-refractivity contribution in [3.05, 3.63) is 7.11 Å². The summed E-state index contributed by atoms with van der Waals surface area (Å²) in [6.45, 7) is 0. The van der Waals surface area contributed by atoms with Crippen molar-refractivity contribution >= 4 is 9.76 Å². The zero-order chi connectivity index (χ0) is 7.82. The number of hydrogen-bond acceptors (Lipinski definition) is 3. The van der Waals surface area contributed by atoms with Crippen LogP contribution in [0.4, 0.5) is 0 Å². The molecule has 0 aromatic rings. The van der Waals surface area contributed by atoms with E-state index in [4.69, 9.17) is 13.9 Å². The van der Waals surface area contributed by atoms with Crippen LogP contribution >= 0.6 is 0 Å². The molecule has 1 radical (unpaired) electrons. The minimum Gasteiger partial charge on any atom is -0.422 e. The van der Waals surface area contributed by atoms with E-state index >= 15 is 0 Å². The Morgan fingerprint density at radius 1 is 1.40 bits per heavy atom. The fraction of sp³-hybridized carbons (Fsp3) is 0.833. The van der Waals surface area contributed by atoms with Crippen molar-refractivity contribution in [3.8, 4) is 0 Å². The summed E-state index contributed by atoms with van der Waals surface area (Å²) in [5, 5.41) is 0. The molecule has 0 aliphatic heterocycles. The predicted octanol–water partition coefficient (Wildman–Crippen LogP) is 0.306. The lowest BCUT2D eigenvalue weighted by atomic mass is 10.5.